The Morgan fingerprint density at radius 2 is 2.04 bits per heavy atom. The standard InChI is InChI=1S/C17H22FN3O3/c1-17(2,3)11-9-12(15(22)19-4)20-14(18)13(11)10-5-7-21(8-6-10)16(23)24/h5,9H,6-8H2,1-4H3,(H,19,22)(H,23,24). The summed E-state index contributed by atoms with van der Waals surface area (Å²) in [5.41, 5.74) is 1.43. The third-order valence-electron chi connectivity index (χ3n) is 4.04. The van der Waals surface area contributed by atoms with Crippen molar-refractivity contribution in [2.24, 2.45) is 0 Å². The highest BCUT2D eigenvalue weighted by Gasteiger charge is 2.28. The van der Waals surface area contributed by atoms with Gasteiger partial charge in [-0.3, -0.25) is 4.79 Å². The molecule has 0 atom stereocenters. The molecule has 2 amide bonds. The van der Waals surface area contributed by atoms with Gasteiger partial charge >= 0.3 is 6.09 Å². The average molecular weight is 335 g/mol. The zero-order valence-electron chi connectivity index (χ0n) is 14.3. The third kappa shape index (κ3) is 3.55. The molecule has 1 aromatic rings. The van der Waals surface area contributed by atoms with Crippen molar-refractivity contribution in [3.8, 4) is 0 Å². The molecule has 0 fully saturated rings. The third-order valence-corrected chi connectivity index (χ3v) is 4.04. The van der Waals surface area contributed by atoms with Gasteiger partial charge in [0.1, 0.15) is 5.69 Å². The quantitative estimate of drug-likeness (QED) is 0.814. The van der Waals surface area contributed by atoms with Crippen LogP contribution in [0.2, 0.25) is 0 Å². The van der Waals surface area contributed by atoms with Crippen LogP contribution in [0.4, 0.5) is 9.18 Å². The van der Waals surface area contributed by atoms with Gasteiger partial charge in [-0.25, -0.2) is 9.78 Å². The van der Waals surface area contributed by atoms with E-state index in [1.165, 1.54) is 11.9 Å². The van der Waals surface area contributed by atoms with Crippen molar-refractivity contribution < 1.29 is 19.1 Å². The lowest BCUT2D eigenvalue weighted by molar-refractivity contribution is 0.0956. The SMILES string of the molecule is CNC(=O)c1cc(C(C)(C)C)c(C2=CCN(C(=O)O)CC2)c(F)n1. The van der Waals surface area contributed by atoms with Crippen LogP contribution in [0.3, 0.4) is 0 Å². The van der Waals surface area contributed by atoms with Gasteiger partial charge in [-0.2, -0.15) is 4.39 Å². The second-order valence-corrected chi connectivity index (χ2v) is 6.76. The van der Waals surface area contributed by atoms with E-state index in [-0.39, 0.29) is 12.2 Å². The smallest absolute Gasteiger partial charge is 0.407 e. The molecular weight excluding hydrogens is 313 g/mol. The van der Waals surface area contributed by atoms with Gasteiger partial charge in [-0.15, -0.1) is 0 Å². The molecule has 6 nitrogen and oxygen atoms in total. The molecule has 0 saturated heterocycles. The Labute approximate surface area is 140 Å². The lowest BCUT2D eigenvalue weighted by Gasteiger charge is -2.28. The molecule has 0 saturated carbocycles. The van der Waals surface area contributed by atoms with Crippen LogP contribution in [-0.2, 0) is 5.41 Å². The van der Waals surface area contributed by atoms with Gasteiger partial charge in [0.25, 0.3) is 5.91 Å². The fraction of sp³-hybridized carbons (Fsp3) is 0.471. The lowest BCUT2D eigenvalue weighted by atomic mass is 9.81. The topological polar surface area (TPSA) is 82.5 Å². The van der Waals surface area contributed by atoms with Gasteiger partial charge in [0.05, 0.1) is 0 Å². The van der Waals surface area contributed by atoms with Crippen LogP contribution in [0.15, 0.2) is 12.1 Å². The Morgan fingerprint density at radius 1 is 1.38 bits per heavy atom. The number of halogens is 1. The molecule has 0 radical (unpaired) electrons. The van der Waals surface area contributed by atoms with E-state index in [1.807, 2.05) is 20.8 Å². The maximum atomic E-state index is 14.7. The summed E-state index contributed by atoms with van der Waals surface area (Å²) in [7, 11) is 1.47. The van der Waals surface area contributed by atoms with Crippen LogP contribution in [0.25, 0.3) is 5.57 Å². The minimum Gasteiger partial charge on any atom is -0.465 e. The number of nitrogens with one attached hydrogen (secondary N) is 1. The van der Waals surface area contributed by atoms with Gasteiger partial charge in [-0.05, 0) is 29.0 Å². The van der Waals surface area contributed by atoms with E-state index in [4.69, 9.17) is 5.11 Å². The number of hydrogen-bond acceptors (Lipinski definition) is 3. The second-order valence-electron chi connectivity index (χ2n) is 6.76. The van der Waals surface area contributed by atoms with E-state index >= 15 is 0 Å². The van der Waals surface area contributed by atoms with Gasteiger partial charge in [0.15, 0.2) is 0 Å². The highest BCUT2D eigenvalue weighted by molar-refractivity contribution is 5.92. The van der Waals surface area contributed by atoms with Crippen molar-refractivity contribution >= 4 is 17.6 Å². The predicted octanol–water partition coefficient (Wildman–Crippen LogP) is 2.64. The predicted molar refractivity (Wildman–Crippen MR) is 88.5 cm³/mol. The van der Waals surface area contributed by atoms with Crippen LogP contribution in [-0.4, -0.2) is 47.1 Å². The van der Waals surface area contributed by atoms with Crippen molar-refractivity contribution in [1.29, 1.82) is 0 Å². The lowest BCUT2D eigenvalue weighted by Crippen LogP contribution is -2.33. The Balaban J connectivity index is 2.54. The summed E-state index contributed by atoms with van der Waals surface area (Å²) in [6, 6.07) is 1.61. The van der Waals surface area contributed by atoms with Crippen LogP contribution in [0, 0.1) is 5.95 Å². The molecule has 7 heteroatoms. The number of pyridine rings is 1. The molecular formula is C17H22FN3O3. The first-order valence-electron chi connectivity index (χ1n) is 7.75. The van der Waals surface area contributed by atoms with Gasteiger partial charge < -0.3 is 15.3 Å². The first-order valence-corrected chi connectivity index (χ1v) is 7.75. The molecule has 24 heavy (non-hydrogen) atoms. The first-order chi connectivity index (χ1) is 11.1. The monoisotopic (exact) mass is 335 g/mol. The number of amides is 2. The highest BCUT2D eigenvalue weighted by atomic mass is 19.1. The molecule has 2 rings (SSSR count). The Bertz CT molecular complexity index is 708. The maximum absolute atomic E-state index is 14.7. The maximum Gasteiger partial charge on any atom is 0.407 e. The minimum absolute atomic E-state index is 0.0345. The summed E-state index contributed by atoms with van der Waals surface area (Å²) in [5.74, 6) is -1.14. The molecule has 0 unspecified atom stereocenters. The van der Waals surface area contributed by atoms with Crippen molar-refractivity contribution in [2.45, 2.75) is 32.6 Å². The van der Waals surface area contributed by atoms with Crippen molar-refractivity contribution in [1.82, 2.24) is 15.2 Å². The number of rotatable bonds is 2. The van der Waals surface area contributed by atoms with Crippen LogP contribution in [0.5, 0.6) is 0 Å². The van der Waals surface area contributed by atoms with Crippen LogP contribution >= 0.6 is 0 Å². The largest absolute Gasteiger partial charge is 0.465 e. The van der Waals surface area contributed by atoms with E-state index in [1.54, 1.807) is 12.1 Å². The summed E-state index contributed by atoms with van der Waals surface area (Å²) < 4.78 is 14.7. The summed E-state index contributed by atoms with van der Waals surface area (Å²) in [6.07, 6.45) is 1.13. The number of carbonyl (C=O) groups excluding carboxylic acids is 1. The zero-order valence-corrected chi connectivity index (χ0v) is 14.3. The zero-order chi connectivity index (χ0) is 18.1. The molecule has 130 valence electrons. The summed E-state index contributed by atoms with van der Waals surface area (Å²) in [6.45, 7) is 6.33. The van der Waals surface area contributed by atoms with Crippen molar-refractivity contribution in [2.75, 3.05) is 20.1 Å². The van der Waals surface area contributed by atoms with Gasteiger partial charge in [0, 0.05) is 25.7 Å². The number of nitrogens with zero attached hydrogens (tertiary/aromatic N) is 2. The highest BCUT2D eigenvalue weighted by Crippen LogP contribution is 2.34. The Kier molecular flexibility index (Phi) is 4.91. The average Bonchev–Trinajstić information content (AvgIpc) is 2.52. The molecule has 2 N–H and O–H groups in total. The van der Waals surface area contributed by atoms with E-state index in [2.05, 4.69) is 10.3 Å². The van der Waals surface area contributed by atoms with Gasteiger partial charge in [0.2, 0.25) is 5.95 Å². The van der Waals surface area contributed by atoms with E-state index in [0.29, 0.717) is 24.1 Å². The molecule has 0 bridgehead atoms. The fourth-order valence-corrected chi connectivity index (χ4v) is 2.73. The molecule has 1 aliphatic heterocycles. The van der Waals surface area contributed by atoms with Crippen LogP contribution in [0.1, 0.15) is 48.8 Å². The molecule has 2 heterocycles. The molecule has 0 aliphatic carbocycles. The minimum atomic E-state index is -0.991. The fourth-order valence-electron chi connectivity index (χ4n) is 2.73. The summed E-state index contributed by atoms with van der Waals surface area (Å²) >= 11 is 0. The van der Waals surface area contributed by atoms with Crippen molar-refractivity contribution in [3.63, 3.8) is 0 Å². The summed E-state index contributed by atoms with van der Waals surface area (Å²) in [5, 5.41) is 11.5. The normalized spacial score (nSPS) is 15.0. The molecule has 0 aromatic carbocycles. The number of carboxylic acid groups (broad SMARTS) is 1. The van der Waals surface area contributed by atoms with E-state index in [0.717, 1.165) is 5.57 Å². The second kappa shape index (κ2) is 6.59. The van der Waals surface area contributed by atoms with Crippen LogP contribution < -0.4 is 5.32 Å². The Hall–Kier alpha value is -2.44. The van der Waals surface area contributed by atoms with Crippen molar-refractivity contribution in [3.05, 3.63) is 34.9 Å². The van der Waals surface area contributed by atoms with Gasteiger partial charge in [-0.1, -0.05) is 26.8 Å². The first kappa shape index (κ1) is 17.9. The number of carbonyl (C=O) groups is 2. The summed E-state index contributed by atoms with van der Waals surface area (Å²) in [4.78, 5) is 27.9. The molecule has 1 aromatic heterocycles. The molecule has 1 aliphatic rings. The van der Waals surface area contributed by atoms with E-state index in [9.17, 15) is 14.0 Å². The Morgan fingerprint density at radius 3 is 2.50 bits per heavy atom. The molecule has 0 spiro atoms. The number of hydrogen-bond donors (Lipinski definition) is 2. The van der Waals surface area contributed by atoms with E-state index < -0.39 is 23.4 Å². The number of aromatic nitrogens is 1.